The minimum Gasteiger partial charge on any atom is -0.508 e. The predicted molar refractivity (Wildman–Crippen MR) is 51.4 cm³/mol. The van der Waals surface area contributed by atoms with Crippen molar-refractivity contribution >= 4 is 16.9 Å². The highest BCUT2D eigenvalue weighted by atomic mass is 19.1. The molecule has 5 heteroatoms. The highest BCUT2D eigenvalue weighted by Crippen LogP contribution is 2.28. The fourth-order valence-electron chi connectivity index (χ4n) is 1.48. The van der Waals surface area contributed by atoms with E-state index in [2.05, 4.69) is 4.98 Å². The normalized spacial score (nSPS) is 12.9. The van der Waals surface area contributed by atoms with Gasteiger partial charge in [0.15, 0.2) is 0 Å². The molecule has 15 heavy (non-hydrogen) atoms. The van der Waals surface area contributed by atoms with Gasteiger partial charge in [-0.1, -0.05) is 0 Å². The number of phenols is 1. The van der Waals surface area contributed by atoms with Crippen molar-refractivity contribution in [3.05, 3.63) is 30.0 Å². The maximum Gasteiger partial charge on any atom is 0.343 e. The third-order valence-corrected chi connectivity index (χ3v) is 2.19. The molecule has 0 fully saturated rings. The summed E-state index contributed by atoms with van der Waals surface area (Å²) in [7, 11) is 0. The molecule has 0 saturated carbocycles. The number of halogens is 1. The molecule has 4 nitrogen and oxygen atoms in total. The van der Waals surface area contributed by atoms with Crippen LogP contribution < -0.4 is 0 Å². The molecular weight excluding hydrogens is 201 g/mol. The molecule has 1 atom stereocenters. The zero-order valence-electron chi connectivity index (χ0n) is 7.57. The molecule has 0 amide bonds. The first kappa shape index (κ1) is 9.51. The molecule has 0 aliphatic carbocycles. The van der Waals surface area contributed by atoms with Crippen molar-refractivity contribution in [2.75, 3.05) is 0 Å². The highest BCUT2D eigenvalue weighted by molar-refractivity contribution is 5.89. The van der Waals surface area contributed by atoms with Gasteiger partial charge < -0.3 is 15.2 Å². The fourth-order valence-corrected chi connectivity index (χ4v) is 1.48. The van der Waals surface area contributed by atoms with Crippen molar-refractivity contribution in [2.45, 2.75) is 6.17 Å². The monoisotopic (exact) mass is 209 g/mol. The summed E-state index contributed by atoms with van der Waals surface area (Å²) >= 11 is 0. The number of fused-ring (bicyclic) bond motifs is 1. The molecule has 2 aromatic rings. The Bertz CT molecular complexity index is 520. The molecule has 1 heterocycles. The Morgan fingerprint density at radius 2 is 2.20 bits per heavy atom. The molecule has 0 aliphatic heterocycles. The van der Waals surface area contributed by atoms with Crippen LogP contribution in [0.4, 0.5) is 4.39 Å². The lowest BCUT2D eigenvalue weighted by molar-refractivity contribution is -0.142. The van der Waals surface area contributed by atoms with Crippen LogP contribution >= 0.6 is 0 Å². The summed E-state index contributed by atoms with van der Waals surface area (Å²) in [4.78, 5) is 13.2. The van der Waals surface area contributed by atoms with E-state index in [1.807, 2.05) is 0 Å². The van der Waals surface area contributed by atoms with Gasteiger partial charge in [0.1, 0.15) is 5.75 Å². The van der Waals surface area contributed by atoms with Crippen LogP contribution in [0.2, 0.25) is 0 Å². The average molecular weight is 209 g/mol. The Kier molecular flexibility index (Phi) is 2.07. The van der Waals surface area contributed by atoms with Crippen molar-refractivity contribution in [1.82, 2.24) is 4.98 Å². The van der Waals surface area contributed by atoms with Crippen LogP contribution in [0.15, 0.2) is 24.4 Å². The summed E-state index contributed by atoms with van der Waals surface area (Å²) in [6.45, 7) is 0. The first-order chi connectivity index (χ1) is 7.09. The summed E-state index contributed by atoms with van der Waals surface area (Å²) in [5, 5.41) is 18.1. The Morgan fingerprint density at radius 1 is 1.47 bits per heavy atom. The average Bonchev–Trinajstić information content (AvgIpc) is 2.59. The molecular formula is C10H8FNO3. The van der Waals surface area contributed by atoms with Crippen LogP contribution in [0, 0.1) is 0 Å². The molecule has 0 bridgehead atoms. The van der Waals surface area contributed by atoms with E-state index in [-0.39, 0.29) is 11.3 Å². The van der Waals surface area contributed by atoms with Crippen LogP contribution in [-0.4, -0.2) is 21.2 Å². The van der Waals surface area contributed by atoms with Crippen LogP contribution in [0.3, 0.4) is 0 Å². The Labute approximate surface area is 84.0 Å². The number of carbonyl (C=O) groups is 1. The molecule has 0 aliphatic rings. The number of carboxylic acid groups (broad SMARTS) is 1. The van der Waals surface area contributed by atoms with Gasteiger partial charge in [0.05, 0.1) is 0 Å². The lowest BCUT2D eigenvalue weighted by atomic mass is 10.1. The third kappa shape index (κ3) is 1.52. The van der Waals surface area contributed by atoms with Gasteiger partial charge >= 0.3 is 5.97 Å². The van der Waals surface area contributed by atoms with Crippen LogP contribution in [-0.2, 0) is 4.79 Å². The number of carboxylic acids is 1. The van der Waals surface area contributed by atoms with Crippen molar-refractivity contribution in [2.24, 2.45) is 0 Å². The smallest absolute Gasteiger partial charge is 0.343 e. The standard InChI is InChI=1S/C10H8FNO3/c11-9(10(14)15)7-4-12-8-3-5(13)1-2-6(7)8/h1-4,9,12-13H,(H,14,15). The predicted octanol–water partition coefficient (Wildman–Crippen LogP) is 1.97. The summed E-state index contributed by atoms with van der Waals surface area (Å²) in [5.74, 6) is -1.48. The largest absolute Gasteiger partial charge is 0.508 e. The number of rotatable bonds is 2. The van der Waals surface area contributed by atoms with E-state index in [4.69, 9.17) is 10.2 Å². The fraction of sp³-hybridized carbons (Fsp3) is 0.100. The third-order valence-electron chi connectivity index (χ3n) is 2.19. The van der Waals surface area contributed by atoms with E-state index in [0.717, 1.165) is 0 Å². The van der Waals surface area contributed by atoms with Gasteiger partial charge in [-0.05, 0) is 12.1 Å². The van der Waals surface area contributed by atoms with E-state index in [9.17, 15) is 9.18 Å². The summed E-state index contributed by atoms with van der Waals surface area (Å²) in [5.41, 5.74) is 0.575. The van der Waals surface area contributed by atoms with Gasteiger partial charge in [0.25, 0.3) is 0 Å². The van der Waals surface area contributed by atoms with Gasteiger partial charge in [-0.25, -0.2) is 9.18 Å². The topological polar surface area (TPSA) is 73.3 Å². The number of phenolic OH excluding ortho intramolecular Hbond substituents is 1. The lowest BCUT2D eigenvalue weighted by Crippen LogP contribution is -2.04. The van der Waals surface area contributed by atoms with Crippen molar-refractivity contribution in [3.63, 3.8) is 0 Å². The number of benzene rings is 1. The molecule has 1 unspecified atom stereocenters. The number of hydrogen-bond donors (Lipinski definition) is 3. The number of aromatic hydroxyl groups is 1. The molecule has 0 spiro atoms. The summed E-state index contributed by atoms with van der Waals surface area (Å²) in [6.07, 6.45) is -0.758. The molecule has 0 radical (unpaired) electrons. The Balaban J connectivity index is 2.59. The number of alkyl halides is 1. The van der Waals surface area contributed by atoms with E-state index in [1.54, 1.807) is 0 Å². The molecule has 2 rings (SSSR count). The van der Waals surface area contributed by atoms with E-state index in [0.29, 0.717) is 10.9 Å². The van der Waals surface area contributed by atoms with Gasteiger partial charge in [0, 0.05) is 28.7 Å². The second kappa shape index (κ2) is 3.27. The summed E-state index contributed by atoms with van der Waals surface area (Å²) in [6, 6.07) is 4.27. The summed E-state index contributed by atoms with van der Waals surface area (Å²) < 4.78 is 13.2. The number of H-pyrrole nitrogens is 1. The molecule has 1 aromatic heterocycles. The quantitative estimate of drug-likeness (QED) is 0.707. The zero-order chi connectivity index (χ0) is 11.0. The maximum atomic E-state index is 13.2. The second-order valence-electron chi connectivity index (χ2n) is 3.17. The van der Waals surface area contributed by atoms with Crippen LogP contribution in [0.25, 0.3) is 10.9 Å². The van der Waals surface area contributed by atoms with Gasteiger partial charge in [-0.3, -0.25) is 0 Å². The molecule has 1 aromatic carbocycles. The Morgan fingerprint density at radius 3 is 2.87 bits per heavy atom. The second-order valence-corrected chi connectivity index (χ2v) is 3.17. The lowest BCUT2D eigenvalue weighted by Gasteiger charge is -2.00. The van der Waals surface area contributed by atoms with Gasteiger partial charge in [-0.2, -0.15) is 0 Å². The number of aliphatic carboxylic acids is 1. The van der Waals surface area contributed by atoms with Crippen molar-refractivity contribution < 1.29 is 19.4 Å². The Hall–Kier alpha value is -2.04. The van der Waals surface area contributed by atoms with Crippen LogP contribution in [0.1, 0.15) is 11.7 Å². The van der Waals surface area contributed by atoms with Gasteiger partial charge in [0.2, 0.25) is 6.17 Å². The number of aromatic amines is 1. The minimum atomic E-state index is -2.05. The first-order valence-electron chi connectivity index (χ1n) is 4.26. The number of nitrogens with one attached hydrogen (secondary N) is 1. The first-order valence-corrected chi connectivity index (χ1v) is 4.26. The van der Waals surface area contributed by atoms with Crippen molar-refractivity contribution in [3.8, 4) is 5.75 Å². The minimum absolute atomic E-state index is 0.0432. The molecule has 0 saturated heterocycles. The van der Waals surface area contributed by atoms with Gasteiger partial charge in [-0.15, -0.1) is 0 Å². The van der Waals surface area contributed by atoms with E-state index < -0.39 is 12.1 Å². The van der Waals surface area contributed by atoms with Crippen molar-refractivity contribution in [1.29, 1.82) is 0 Å². The maximum absolute atomic E-state index is 13.2. The van der Waals surface area contributed by atoms with E-state index in [1.165, 1.54) is 24.4 Å². The van der Waals surface area contributed by atoms with E-state index >= 15 is 0 Å². The molecule has 78 valence electrons. The zero-order valence-corrected chi connectivity index (χ0v) is 7.57. The number of hydrogen-bond acceptors (Lipinski definition) is 2. The SMILES string of the molecule is O=C(O)C(F)c1c[nH]c2cc(O)ccc12. The molecule has 3 N–H and O–H groups in total. The highest BCUT2D eigenvalue weighted by Gasteiger charge is 2.21. The van der Waals surface area contributed by atoms with Crippen LogP contribution in [0.5, 0.6) is 5.75 Å². The number of aromatic nitrogens is 1.